The van der Waals surface area contributed by atoms with Crippen LogP contribution >= 0.6 is 23.2 Å². The molecule has 0 saturated carbocycles. The Kier molecular flexibility index (Phi) is 4.39. The van der Waals surface area contributed by atoms with E-state index in [1.165, 1.54) is 12.1 Å². The highest BCUT2D eigenvalue weighted by molar-refractivity contribution is 6.33. The van der Waals surface area contributed by atoms with Gasteiger partial charge in [-0.1, -0.05) is 30.1 Å². The molecule has 2 heterocycles. The minimum absolute atomic E-state index is 0.169. The van der Waals surface area contributed by atoms with Crippen LogP contribution in [0.1, 0.15) is 28.9 Å². The zero-order chi connectivity index (χ0) is 13.8. The highest BCUT2D eigenvalue weighted by atomic mass is 35.5. The van der Waals surface area contributed by atoms with E-state index in [9.17, 15) is 4.79 Å². The van der Waals surface area contributed by atoms with E-state index >= 15 is 0 Å². The fourth-order valence-electron chi connectivity index (χ4n) is 1.45. The van der Waals surface area contributed by atoms with Crippen LogP contribution < -0.4 is 5.32 Å². The molecular formula is C12H11Cl2N3O2. The van der Waals surface area contributed by atoms with Gasteiger partial charge in [0.05, 0.1) is 12.7 Å². The highest BCUT2D eigenvalue weighted by Crippen LogP contribution is 2.14. The third kappa shape index (κ3) is 3.68. The maximum absolute atomic E-state index is 11.9. The lowest BCUT2D eigenvalue weighted by Crippen LogP contribution is -2.23. The summed E-state index contributed by atoms with van der Waals surface area (Å²) in [5, 5.41) is 3.00. The second-order valence-electron chi connectivity index (χ2n) is 3.76. The smallest absolute Gasteiger partial charge is 0.251 e. The zero-order valence-corrected chi connectivity index (χ0v) is 11.6. The van der Waals surface area contributed by atoms with Crippen LogP contribution in [0.3, 0.4) is 0 Å². The van der Waals surface area contributed by atoms with E-state index in [-0.39, 0.29) is 22.8 Å². The van der Waals surface area contributed by atoms with Gasteiger partial charge in [0.2, 0.25) is 5.89 Å². The third-order valence-electron chi connectivity index (χ3n) is 2.38. The molecule has 19 heavy (non-hydrogen) atoms. The first kappa shape index (κ1) is 13.8. The Labute approximate surface area is 119 Å². The molecule has 0 aliphatic carbocycles. The van der Waals surface area contributed by atoms with Gasteiger partial charge in [0, 0.05) is 12.0 Å². The van der Waals surface area contributed by atoms with Crippen LogP contribution in [0.2, 0.25) is 10.3 Å². The molecule has 2 aromatic rings. The standard InChI is InChI=1S/C12H11Cl2N3O2/c1-2-8-5-15-11(19-8)6-16-12(18)7-3-9(13)17-10(14)4-7/h3-5H,2,6H2,1H3,(H,16,18). The first-order chi connectivity index (χ1) is 9.08. The molecule has 0 fully saturated rings. The van der Waals surface area contributed by atoms with Gasteiger partial charge in [-0.2, -0.15) is 0 Å². The summed E-state index contributed by atoms with van der Waals surface area (Å²) in [6.07, 6.45) is 2.40. The molecule has 0 aliphatic rings. The molecule has 0 aromatic carbocycles. The van der Waals surface area contributed by atoms with Gasteiger partial charge in [-0.3, -0.25) is 4.79 Å². The molecule has 0 saturated heterocycles. The van der Waals surface area contributed by atoms with Crippen molar-refractivity contribution in [2.75, 3.05) is 0 Å². The molecule has 2 rings (SSSR count). The maximum Gasteiger partial charge on any atom is 0.251 e. The second-order valence-corrected chi connectivity index (χ2v) is 4.53. The molecular weight excluding hydrogens is 289 g/mol. The van der Waals surface area contributed by atoms with Crippen LogP contribution in [-0.4, -0.2) is 15.9 Å². The lowest BCUT2D eigenvalue weighted by atomic mass is 10.2. The third-order valence-corrected chi connectivity index (χ3v) is 2.76. The van der Waals surface area contributed by atoms with Crippen LogP contribution in [-0.2, 0) is 13.0 Å². The largest absolute Gasteiger partial charge is 0.444 e. The number of nitrogens with one attached hydrogen (secondary N) is 1. The van der Waals surface area contributed by atoms with Crippen molar-refractivity contribution in [3.8, 4) is 0 Å². The Balaban J connectivity index is 2.00. The van der Waals surface area contributed by atoms with Crippen LogP contribution in [0, 0.1) is 0 Å². The van der Waals surface area contributed by atoms with Crippen molar-refractivity contribution in [1.29, 1.82) is 0 Å². The molecule has 0 spiro atoms. The van der Waals surface area contributed by atoms with Crippen LogP contribution in [0.4, 0.5) is 0 Å². The minimum Gasteiger partial charge on any atom is -0.444 e. The lowest BCUT2D eigenvalue weighted by molar-refractivity contribution is 0.0947. The van der Waals surface area contributed by atoms with E-state index < -0.39 is 0 Å². The molecule has 0 radical (unpaired) electrons. The molecule has 5 nitrogen and oxygen atoms in total. The van der Waals surface area contributed by atoms with E-state index in [2.05, 4.69) is 15.3 Å². The van der Waals surface area contributed by atoms with Gasteiger partial charge < -0.3 is 9.73 Å². The first-order valence-corrected chi connectivity index (χ1v) is 6.39. The van der Waals surface area contributed by atoms with Crippen LogP contribution in [0.25, 0.3) is 0 Å². The van der Waals surface area contributed by atoms with Crippen molar-refractivity contribution >= 4 is 29.1 Å². The quantitative estimate of drug-likeness (QED) is 0.882. The molecule has 0 atom stereocenters. The number of hydrogen-bond acceptors (Lipinski definition) is 4. The predicted octanol–water partition coefficient (Wildman–Crippen LogP) is 2.87. The molecule has 0 aliphatic heterocycles. The van der Waals surface area contributed by atoms with E-state index in [0.717, 1.165) is 12.2 Å². The molecule has 2 aromatic heterocycles. The number of hydrogen-bond donors (Lipinski definition) is 1. The summed E-state index contributed by atoms with van der Waals surface area (Å²) in [5.74, 6) is 0.915. The second kappa shape index (κ2) is 6.04. The number of aryl methyl sites for hydroxylation is 1. The van der Waals surface area contributed by atoms with E-state index in [4.69, 9.17) is 27.6 Å². The number of carbonyl (C=O) groups excluding carboxylic acids is 1. The molecule has 1 amide bonds. The average Bonchev–Trinajstić information content (AvgIpc) is 2.82. The Morgan fingerprint density at radius 1 is 1.37 bits per heavy atom. The molecule has 100 valence electrons. The number of nitrogens with zero attached hydrogens (tertiary/aromatic N) is 2. The zero-order valence-electron chi connectivity index (χ0n) is 10.1. The monoisotopic (exact) mass is 299 g/mol. The van der Waals surface area contributed by atoms with Crippen LogP contribution in [0.15, 0.2) is 22.7 Å². The topological polar surface area (TPSA) is 68.0 Å². The number of aromatic nitrogens is 2. The summed E-state index contributed by atoms with van der Waals surface area (Å²) in [6, 6.07) is 2.88. The Morgan fingerprint density at radius 2 is 2.05 bits per heavy atom. The summed E-state index contributed by atoms with van der Waals surface area (Å²) < 4.78 is 5.38. The van der Waals surface area contributed by atoms with Gasteiger partial charge in [0.1, 0.15) is 16.1 Å². The summed E-state index contributed by atoms with van der Waals surface area (Å²) in [4.78, 5) is 19.7. The molecule has 0 unspecified atom stereocenters. The minimum atomic E-state index is -0.317. The van der Waals surface area contributed by atoms with Gasteiger partial charge in [0.15, 0.2) is 0 Å². The SMILES string of the molecule is CCc1cnc(CNC(=O)c2cc(Cl)nc(Cl)c2)o1. The van der Waals surface area contributed by atoms with Crippen molar-refractivity contribution < 1.29 is 9.21 Å². The summed E-state index contributed by atoms with van der Waals surface area (Å²) >= 11 is 11.5. The van der Waals surface area contributed by atoms with Crippen molar-refractivity contribution in [1.82, 2.24) is 15.3 Å². The number of amides is 1. The van der Waals surface area contributed by atoms with E-state index in [0.29, 0.717) is 11.5 Å². The van der Waals surface area contributed by atoms with Gasteiger partial charge in [0.25, 0.3) is 5.91 Å². The average molecular weight is 300 g/mol. The first-order valence-electron chi connectivity index (χ1n) is 5.63. The van der Waals surface area contributed by atoms with Gasteiger partial charge >= 0.3 is 0 Å². The lowest BCUT2D eigenvalue weighted by Gasteiger charge is -2.03. The van der Waals surface area contributed by atoms with Crippen LogP contribution in [0.5, 0.6) is 0 Å². The van der Waals surface area contributed by atoms with Crippen molar-refractivity contribution in [2.45, 2.75) is 19.9 Å². The summed E-state index contributed by atoms with van der Waals surface area (Å²) in [5.41, 5.74) is 0.340. The van der Waals surface area contributed by atoms with Gasteiger partial charge in [-0.05, 0) is 12.1 Å². The number of pyridine rings is 1. The van der Waals surface area contributed by atoms with E-state index in [1.807, 2.05) is 6.92 Å². The fraction of sp³-hybridized carbons (Fsp3) is 0.250. The predicted molar refractivity (Wildman–Crippen MR) is 71.3 cm³/mol. The number of halogens is 2. The molecule has 0 bridgehead atoms. The fourth-order valence-corrected chi connectivity index (χ4v) is 1.91. The summed E-state index contributed by atoms with van der Waals surface area (Å²) in [7, 11) is 0. The van der Waals surface area contributed by atoms with Gasteiger partial charge in [-0.15, -0.1) is 0 Å². The Hall–Kier alpha value is -1.59. The maximum atomic E-state index is 11.9. The number of oxazole rings is 1. The number of carbonyl (C=O) groups is 1. The van der Waals surface area contributed by atoms with E-state index in [1.54, 1.807) is 6.20 Å². The van der Waals surface area contributed by atoms with Crippen molar-refractivity contribution in [2.24, 2.45) is 0 Å². The Morgan fingerprint density at radius 3 is 2.63 bits per heavy atom. The van der Waals surface area contributed by atoms with Gasteiger partial charge in [-0.25, -0.2) is 9.97 Å². The highest BCUT2D eigenvalue weighted by Gasteiger charge is 2.10. The normalized spacial score (nSPS) is 10.5. The van der Waals surface area contributed by atoms with Crippen molar-refractivity contribution in [3.63, 3.8) is 0 Å². The molecule has 1 N–H and O–H groups in total. The Bertz CT molecular complexity index is 578. The number of rotatable bonds is 4. The molecule has 7 heteroatoms. The van der Waals surface area contributed by atoms with Crippen molar-refractivity contribution in [3.05, 3.63) is 45.9 Å². The summed E-state index contributed by atoms with van der Waals surface area (Å²) in [6.45, 7) is 2.17.